The van der Waals surface area contributed by atoms with E-state index < -0.39 is 5.91 Å². The van der Waals surface area contributed by atoms with Gasteiger partial charge in [-0.3, -0.25) is 14.9 Å². The largest absolute Gasteiger partial charge is 0.495 e. The summed E-state index contributed by atoms with van der Waals surface area (Å²) in [6, 6.07) is 10.2. The lowest BCUT2D eigenvalue weighted by Gasteiger charge is -2.38. The number of hydrogen-bond donors (Lipinski definition) is 2. The number of anilines is 2. The Kier molecular flexibility index (Phi) is 8.40. The highest BCUT2D eigenvalue weighted by molar-refractivity contribution is 7.80. The molecule has 7 nitrogen and oxygen atoms in total. The fraction of sp³-hybridized carbons (Fsp3) is 0.348. The summed E-state index contributed by atoms with van der Waals surface area (Å²) in [4.78, 5) is 28.9. The van der Waals surface area contributed by atoms with Crippen LogP contribution in [0.1, 0.15) is 24.2 Å². The molecule has 0 aliphatic carbocycles. The monoisotopic (exact) mass is 508 g/mol. The van der Waals surface area contributed by atoms with Gasteiger partial charge in [0.25, 0.3) is 5.91 Å². The molecular weight excluding hydrogens is 483 g/mol. The molecular formula is C23H26Cl2N4O3S. The maximum absolute atomic E-state index is 12.6. The number of hydrogen-bond acceptors (Lipinski definition) is 5. The molecule has 2 aromatic rings. The number of benzene rings is 2. The highest BCUT2D eigenvalue weighted by Gasteiger charge is 2.25. The predicted molar refractivity (Wildman–Crippen MR) is 137 cm³/mol. The normalized spacial score (nSPS) is 13.6. The van der Waals surface area contributed by atoms with Crippen molar-refractivity contribution < 1.29 is 14.3 Å². The number of nitrogens with zero attached hydrogens (tertiary/aromatic N) is 2. The molecule has 1 fully saturated rings. The zero-order chi connectivity index (χ0) is 24.1. The third kappa shape index (κ3) is 6.07. The maximum Gasteiger partial charge on any atom is 0.257 e. The molecule has 2 amide bonds. The van der Waals surface area contributed by atoms with Gasteiger partial charge in [0, 0.05) is 37.7 Å². The number of para-hydroxylation sites is 1. The first kappa shape index (κ1) is 25.1. The van der Waals surface area contributed by atoms with Crippen molar-refractivity contribution in [1.29, 1.82) is 0 Å². The number of amides is 2. The Bertz CT molecular complexity index is 1060. The van der Waals surface area contributed by atoms with Crippen LogP contribution in [-0.2, 0) is 4.79 Å². The summed E-state index contributed by atoms with van der Waals surface area (Å²) in [7, 11) is 1.50. The van der Waals surface area contributed by atoms with Crippen molar-refractivity contribution in [2.75, 3.05) is 43.5 Å². The number of nitrogens with one attached hydrogen (secondary N) is 2. The molecule has 1 aliphatic rings. The Balaban J connectivity index is 1.69. The molecule has 2 N–H and O–H groups in total. The molecule has 0 unspecified atom stereocenters. The molecule has 10 heteroatoms. The quantitative estimate of drug-likeness (QED) is 0.581. The molecule has 0 radical (unpaired) electrons. The lowest BCUT2D eigenvalue weighted by Crippen LogP contribution is -2.50. The first-order valence-electron chi connectivity index (χ1n) is 10.5. The number of rotatable bonds is 5. The fourth-order valence-corrected chi connectivity index (χ4v) is 4.34. The van der Waals surface area contributed by atoms with Crippen molar-refractivity contribution >= 4 is 63.7 Å². The minimum absolute atomic E-state index is 0.0318. The summed E-state index contributed by atoms with van der Waals surface area (Å²) >= 11 is 18.0. The Morgan fingerprint density at radius 3 is 2.36 bits per heavy atom. The molecule has 33 heavy (non-hydrogen) atoms. The minimum Gasteiger partial charge on any atom is -0.495 e. The van der Waals surface area contributed by atoms with Gasteiger partial charge in [-0.05, 0) is 42.5 Å². The molecule has 0 aromatic heterocycles. The van der Waals surface area contributed by atoms with E-state index in [0.29, 0.717) is 53.2 Å². The van der Waals surface area contributed by atoms with Gasteiger partial charge in [0.05, 0.1) is 28.5 Å². The van der Waals surface area contributed by atoms with E-state index >= 15 is 0 Å². The zero-order valence-corrected chi connectivity index (χ0v) is 21.0. The Hall–Kier alpha value is -2.55. The van der Waals surface area contributed by atoms with Crippen LogP contribution >= 0.6 is 35.4 Å². The molecule has 3 rings (SSSR count). The zero-order valence-electron chi connectivity index (χ0n) is 18.7. The van der Waals surface area contributed by atoms with E-state index in [2.05, 4.69) is 15.5 Å². The van der Waals surface area contributed by atoms with Crippen LogP contribution in [0.3, 0.4) is 0 Å². The van der Waals surface area contributed by atoms with Crippen LogP contribution in [-0.4, -0.2) is 55.1 Å². The van der Waals surface area contributed by atoms with Gasteiger partial charge in [-0.1, -0.05) is 43.1 Å². The van der Waals surface area contributed by atoms with Crippen molar-refractivity contribution in [2.24, 2.45) is 5.92 Å². The Morgan fingerprint density at radius 1 is 1.06 bits per heavy atom. The van der Waals surface area contributed by atoms with Gasteiger partial charge >= 0.3 is 0 Å². The van der Waals surface area contributed by atoms with Gasteiger partial charge < -0.3 is 19.9 Å². The number of thiocarbonyl (C=S) groups is 1. The third-order valence-corrected chi connectivity index (χ3v) is 6.08. The molecule has 176 valence electrons. The molecule has 1 heterocycles. The van der Waals surface area contributed by atoms with E-state index in [4.69, 9.17) is 40.2 Å². The van der Waals surface area contributed by atoms with Crippen molar-refractivity contribution in [3.05, 3.63) is 52.0 Å². The Labute approximate surface area is 209 Å². The topological polar surface area (TPSA) is 73.9 Å². The average Bonchev–Trinajstić information content (AvgIpc) is 2.78. The van der Waals surface area contributed by atoms with Crippen molar-refractivity contribution in [3.63, 3.8) is 0 Å². The molecule has 2 aromatic carbocycles. The molecule has 0 atom stereocenters. The first-order chi connectivity index (χ1) is 15.7. The van der Waals surface area contributed by atoms with E-state index in [-0.39, 0.29) is 16.9 Å². The summed E-state index contributed by atoms with van der Waals surface area (Å²) in [6.45, 7) is 6.31. The second-order valence-corrected chi connectivity index (χ2v) is 9.08. The third-order valence-electron chi connectivity index (χ3n) is 5.28. The lowest BCUT2D eigenvalue weighted by molar-refractivity contribution is -0.134. The molecule has 1 aliphatic heterocycles. The van der Waals surface area contributed by atoms with Gasteiger partial charge in [0.15, 0.2) is 5.11 Å². The van der Waals surface area contributed by atoms with Gasteiger partial charge in [0.1, 0.15) is 5.75 Å². The van der Waals surface area contributed by atoms with E-state index in [1.54, 1.807) is 24.3 Å². The van der Waals surface area contributed by atoms with Crippen LogP contribution in [0.4, 0.5) is 11.4 Å². The lowest BCUT2D eigenvalue weighted by atomic mass is 10.1. The first-order valence-corrected chi connectivity index (χ1v) is 11.7. The van der Waals surface area contributed by atoms with Crippen LogP contribution in [0.5, 0.6) is 5.75 Å². The number of halogens is 2. The van der Waals surface area contributed by atoms with E-state index in [1.165, 1.54) is 13.2 Å². The summed E-state index contributed by atoms with van der Waals surface area (Å²) in [5.41, 5.74) is 1.80. The SMILES string of the molecule is COc1ccc(C(=O)NC(=S)Nc2cccc(Cl)c2N2CCN(C(=O)C(C)C)CC2)cc1Cl. The van der Waals surface area contributed by atoms with Crippen LogP contribution < -0.4 is 20.3 Å². The molecule has 1 saturated heterocycles. The summed E-state index contributed by atoms with van der Waals surface area (Å²) < 4.78 is 5.11. The van der Waals surface area contributed by atoms with E-state index in [9.17, 15) is 9.59 Å². The number of carbonyl (C=O) groups excluding carboxylic acids is 2. The average molecular weight is 509 g/mol. The number of methoxy groups -OCH3 is 1. The van der Waals surface area contributed by atoms with E-state index in [0.717, 1.165) is 5.69 Å². The highest BCUT2D eigenvalue weighted by Crippen LogP contribution is 2.34. The second kappa shape index (κ2) is 11.0. The number of piperazine rings is 1. The second-order valence-electron chi connectivity index (χ2n) is 7.86. The molecule has 0 spiro atoms. The predicted octanol–water partition coefficient (Wildman–Crippen LogP) is 4.43. The summed E-state index contributed by atoms with van der Waals surface area (Å²) in [5, 5.41) is 6.75. The van der Waals surface area contributed by atoms with Crippen LogP contribution in [0.25, 0.3) is 0 Å². The smallest absolute Gasteiger partial charge is 0.257 e. The number of ether oxygens (including phenoxy) is 1. The van der Waals surface area contributed by atoms with E-state index in [1.807, 2.05) is 24.8 Å². The fourth-order valence-electron chi connectivity index (χ4n) is 3.59. The van der Waals surface area contributed by atoms with Crippen LogP contribution in [0, 0.1) is 5.92 Å². The summed E-state index contributed by atoms with van der Waals surface area (Å²) in [5.74, 6) is 0.194. The van der Waals surface area contributed by atoms with Gasteiger partial charge in [-0.25, -0.2) is 0 Å². The van der Waals surface area contributed by atoms with Crippen molar-refractivity contribution in [3.8, 4) is 5.75 Å². The molecule has 0 saturated carbocycles. The Morgan fingerprint density at radius 2 is 1.76 bits per heavy atom. The number of carbonyl (C=O) groups is 2. The van der Waals surface area contributed by atoms with Crippen molar-refractivity contribution in [1.82, 2.24) is 10.2 Å². The van der Waals surface area contributed by atoms with Crippen molar-refractivity contribution in [2.45, 2.75) is 13.8 Å². The minimum atomic E-state index is -0.401. The van der Waals surface area contributed by atoms with Gasteiger partial charge in [-0.2, -0.15) is 0 Å². The van der Waals surface area contributed by atoms with Gasteiger partial charge in [-0.15, -0.1) is 0 Å². The standard InChI is InChI=1S/C23H26Cl2N4O3S/c1-14(2)22(31)29-11-9-28(10-12-29)20-16(24)5-4-6-18(20)26-23(33)27-21(30)15-7-8-19(32-3)17(25)13-15/h4-8,13-14H,9-12H2,1-3H3,(H2,26,27,30,33). The summed E-state index contributed by atoms with van der Waals surface area (Å²) in [6.07, 6.45) is 0. The highest BCUT2D eigenvalue weighted by atomic mass is 35.5. The molecule has 0 bridgehead atoms. The van der Waals surface area contributed by atoms with Crippen LogP contribution in [0.15, 0.2) is 36.4 Å². The van der Waals surface area contributed by atoms with Gasteiger partial charge in [0.2, 0.25) is 5.91 Å². The van der Waals surface area contributed by atoms with Crippen LogP contribution in [0.2, 0.25) is 10.0 Å². The maximum atomic E-state index is 12.6.